The van der Waals surface area contributed by atoms with E-state index >= 15 is 4.79 Å². The molecule has 4 saturated carbocycles. The number of hydrogen-bond acceptors (Lipinski definition) is 19. The van der Waals surface area contributed by atoms with E-state index in [1.54, 1.807) is 0 Å². The van der Waals surface area contributed by atoms with Crippen molar-refractivity contribution < 1.29 is 94.5 Å². The summed E-state index contributed by atoms with van der Waals surface area (Å²) in [6.45, 7) is 13.0. The summed E-state index contributed by atoms with van der Waals surface area (Å²) in [5.41, 5.74) is -1.64. The minimum Gasteiger partial charge on any atom is -0.432 e. The Morgan fingerprint density at radius 2 is 1.34 bits per heavy atom. The topological polar surface area (TPSA) is 315 Å². The van der Waals surface area contributed by atoms with E-state index < -0.39 is 134 Å². The van der Waals surface area contributed by atoms with Gasteiger partial charge in [-0.25, -0.2) is 0 Å². The molecular weight excluding hydrogens is 881 g/mol. The summed E-state index contributed by atoms with van der Waals surface area (Å²) >= 11 is 0. The molecule has 3 saturated heterocycles. The number of carbonyl (C=O) groups is 1. The van der Waals surface area contributed by atoms with Gasteiger partial charge >= 0.3 is 5.97 Å². The monoisotopic (exact) mass is 959 g/mol. The molecule has 3 aliphatic heterocycles. The summed E-state index contributed by atoms with van der Waals surface area (Å²) < 4.78 is 34.7. The second-order valence-electron chi connectivity index (χ2n) is 22.9. The second kappa shape index (κ2) is 18.5. The van der Waals surface area contributed by atoms with Gasteiger partial charge in [0.15, 0.2) is 12.6 Å². The van der Waals surface area contributed by atoms with Crippen LogP contribution in [0.2, 0.25) is 0 Å². The Kier molecular flexibility index (Phi) is 14.4. The Labute approximate surface area is 392 Å². The third-order valence-corrected chi connectivity index (χ3v) is 19.7. The van der Waals surface area contributed by atoms with E-state index in [0.29, 0.717) is 32.1 Å². The first-order chi connectivity index (χ1) is 31.4. The van der Waals surface area contributed by atoms with E-state index in [2.05, 4.69) is 40.7 Å². The van der Waals surface area contributed by atoms with Gasteiger partial charge < -0.3 is 89.7 Å². The largest absolute Gasteiger partial charge is 0.432 e. The van der Waals surface area contributed by atoms with Crippen LogP contribution in [0, 0.1) is 56.7 Å². The van der Waals surface area contributed by atoms with Gasteiger partial charge in [-0.05, 0) is 104 Å². The molecule has 0 amide bonds. The number of fused-ring (bicyclic) bond motifs is 7. The molecule has 0 spiro atoms. The first kappa shape index (κ1) is 51.9. The van der Waals surface area contributed by atoms with Gasteiger partial charge in [0.05, 0.1) is 43.5 Å². The normalized spacial score (nSPS) is 56.7. The average molecular weight is 959 g/mol. The third-order valence-electron chi connectivity index (χ3n) is 19.7. The smallest absolute Gasteiger partial charge is 0.315 e. The summed E-state index contributed by atoms with van der Waals surface area (Å²) in [7, 11) is 0. The minimum atomic E-state index is -1.86. The Balaban J connectivity index is 0.985. The Bertz CT molecular complexity index is 1820. The van der Waals surface area contributed by atoms with Crippen LogP contribution in [0.15, 0.2) is 11.6 Å². The van der Waals surface area contributed by atoms with E-state index in [0.717, 1.165) is 19.3 Å². The number of rotatable bonds is 9. The van der Waals surface area contributed by atoms with Gasteiger partial charge in [0.25, 0.3) is 0 Å². The number of esters is 1. The second-order valence-corrected chi connectivity index (χ2v) is 22.9. The summed E-state index contributed by atoms with van der Waals surface area (Å²) in [6.07, 6.45) is -18.9. The lowest BCUT2D eigenvalue weighted by molar-refractivity contribution is -0.361. The molecule has 8 aliphatic rings. The maximum absolute atomic E-state index is 15.0. The fraction of sp³-hybridized carbons (Fsp3) is 0.938. The van der Waals surface area contributed by atoms with Crippen LogP contribution in [0.5, 0.6) is 0 Å². The Morgan fingerprint density at radius 3 is 2.01 bits per heavy atom. The summed E-state index contributed by atoms with van der Waals surface area (Å²) in [5.74, 6) is -0.386. The molecule has 0 aromatic heterocycles. The van der Waals surface area contributed by atoms with Crippen LogP contribution < -0.4 is 0 Å². The molecule has 0 unspecified atom stereocenters. The first-order valence-corrected chi connectivity index (χ1v) is 24.5. The zero-order chi connectivity index (χ0) is 49.1. The van der Waals surface area contributed by atoms with Crippen LogP contribution in [-0.4, -0.2) is 191 Å². The van der Waals surface area contributed by atoms with Gasteiger partial charge in [-0.3, -0.25) is 4.79 Å². The molecule has 384 valence electrons. The highest BCUT2D eigenvalue weighted by molar-refractivity contribution is 5.79. The molecule has 67 heavy (non-hydrogen) atoms. The standard InChI is InChI=1S/C48H78O19/c1-20-10-13-48(15-14-46(6)23(29(48)21(20)2)8-9-28-44(4)16-24(51)39(60)45(5,19-50)27(44)11-12-47(28,46)7)43(61)67-42-36(58)33(55)31(53)26(65-42)18-62-40-37(59)34(56)38(25(17-49)64-40)66-41-35(57)32(54)30(52)22(3)63-41/h8,20-22,24-42,49-60H,9-19H2,1-7H3/t20-,21+,22+,24-,25-,26-,27-,28-,29+,30+,31-,32-,33+,34-,35-,36-,37-,38-,39+,40-,41-,42+,44+,45+,46-,47-,48+/m1/s1. The van der Waals surface area contributed by atoms with E-state index in [1.807, 2.05) is 6.92 Å². The van der Waals surface area contributed by atoms with E-state index in [4.69, 9.17) is 28.4 Å². The molecule has 7 fully saturated rings. The van der Waals surface area contributed by atoms with E-state index in [9.17, 15) is 61.3 Å². The molecule has 0 radical (unpaired) electrons. The number of allylic oxidation sites excluding steroid dienone is 2. The highest BCUT2D eigenvalue weighted by atomic mass is 16.8. The van der Waals surface area contributed by atoms with Gasteiger partial charge in [-0.15, -0.1) is 0 Å². The fourth-order valence-electron chi connectivity index (χ4n) is 15.2. The molecule has 5 aliphatic carbocycles. The van der Waals surface area contributed by atoms with Crippen molar-refractivity contribution in [2.75, 3.05) is 19.8 Å². The lowest BCUT2D eigenvalue weighted by atomic mass is 9.33. The summed E-state index contributed by atoms with van der Waals surface area (Å²) in [5, 5.41) is 130. The molecule has 0 bridgehead atoms. The number of aliphatic hydroxyl groups excluding tert-OH is 12. The number of aliphatic hydroxyl groups is 12. The molecule has 19 nitrogen and oxygen atoms in total. The number of carbonyl (C=O) groups excluding carboxylic acids is 1. The van der Waals surface area contributed by atoms with Gasteiger partial charge in [0.2, 0.25) is 6.29 Å². The lowest BCUT2D eigenvalue weighted by Gasteiger charge is -2.71. The summed E-state index contributed by atoms with van der Waals surface area (Å²) in [4.78, 5) is 15.0. The van der Waals surface area contributed by atoms with Crippen LogP contribution in [0.25, 0.3) is 0 Å². The zero-order valence-electron chi connectivity index (χ0n) is 39.8. The molecule has 8 rings (SSSR count). The predicted octanol–water partition coefficient (Wildman–Crippen LogP) is -1.03. The third kappa shape index (κ3) is 7.92. The van der Waals surface area contributed by atoms with Crippen molar-refractivity contribution in [1.82, 2.24) is 0 Å². The quantitative estimate of drug-likeness (QED) is 0.0971. The highest BCUT2D eigenvalue weighted by Gasteiger charge is 2.71. The zero-order valence-corrected chi connectivity index (χ0v) is 39.8. The van der Waals surface area contributed by atoms with Gasteiger partial charge in [0.1, 0.15) is 67.1 Å². The molecule has 0 aromatic carbocycles. The molecular formula is C48H78O19. The number of hydrogen-bond donors (Lipinski definition) is 12. The maximum Gasteiger partial charge on any atom is 0.315 e. The average Bonchev–Trinajstić information content (AvgIpc) is 3.29. The molecule has 19 heteroatoms. The van der Waals surface area contributed by atoms with Crippen molar-refractivity contribution >= 4 is 5.97 Å². The lowest BCUT2D eigenvalue weighted by Crippen LogP contribution is -2.68. The van der Waals surface area contributed by atoms with Crippen LogP contribution >= 0.6 is 0 Å². The van der Waals surface area contributed by atoms with Crippen LogP contribution in [-0.2, 0) is 33.2 Å². The van der Waals surface area contributed by atoms with Crippen molar-refractivity contribution in [2.45, 2.75) is 204 Å². The van der Waals surface area contributed by atoms with Crippen LogP contribution in [0.1, 0.15) is 99.8 Å². The van der Waals surface area contributed by atoms with Crippen LogP contribution in [0.4, 0.5) is 0 Å². The van der Waals surface area contributed by atoms with Crippen molar-refractivity contribution in [3.63, 3.8) is 0 Å². The molecule has 27 atom stereocenters. The summed E-state index contributed by atoms with van der Waals surface area (Å²) in [6, 6.07) is 0. The Morgan fingerprint density at radius 1 is 0.701 bits per heavy atom. The number of ether oxygens (including phenoxy) is 6. The molecule has 12 N–H and O–H groups in total. The van der Waals surface area contributed by atoms with Gasteiger partial charge in [-0.1, -0.05) is 53.2 Å². The van der Waals surface area contributed by atoms with E-state index in [1.165, 1.54) is 12.5 Å². The molecule has 0 aromatic rings. The molecule has 3 heterocycles. The van der Waals surface area contributed by atoms with Crippen molar-refractivity contribution in [3.05, 3.63) is 11.6 Å². The van der Waals surface area contributed by atoms with Gasteiger partial charge in [-0.2, -0.15) is 0 Å². The first-order valence-electron chi connectivity index (χ1n) is 24.5. The van der Waals surface area contributed by atoms with Crippen molar-refractivity contribution in [3.8, 4) is 0 Å². The minimum absolute atomic E-state index is 0.0112. The SMILES string of the molecule is C[C@H]1[C@H](C)CC[C@]2(C(=O)O[C@@H]3O[C@H](CO[C@@H]4O[C@H](CO)[C@@H](O[C@H]5O[C@@H](C)[C@H](O)[C@@H](O)[C@H]5O)[C@H](O)[C@H]4O)[C@@H](O)[C@H](O)[C@H]3O)CC[C@]3(C)C(=CC[C@@H]4[C@@]5(C)C[C@@H](O)[C@H](O)[C@@](C)(CO)[C@@H]5CC[C@]43C)[C@H]12. The Hall–Kier alpha value is -1.47. The van der Waals surface area contributed by atoms with Gasteiger partial charge in [0, 0.05) is 5.41 Å². The van der Waals surface area contributed by atoms with Crippen LogP contribution in [0.3, 0.4) is 0 Å². The fourth-order valence-corrected chi connectivity index (χ4v) is 15.2. The van der Waals surface area contributed by atoms with Crippen molar-refractivity contribution in [2.24, 2.45) is 56.7 Å². The maximum atomic E-state index is 15.0. The van der Waals surface area contributed by atoms with Crippen molar-refractivity contribution in [1.29, 1.82) is 0 Å². The predicted molar refractivity (Wildman–Crippen MR) is 231 cm³/mol. The van der Waals surface area contributed by atoms with E-state index in [-0.39, 0.29) is 52.4 Å². The highest BCUT2D eigenvalue weighted by Crippen LogP contribution is 2.76.